The normalized spacial score (nSPS) is 14.9. The zero-order chi connectivity index (χ0) is 26.2. The highest BCUT2D eigenvalue weighted by Gasteiger charge is 2.36. The summed E-state index contributed by atoms with van der Waals surface area (Å²) in [7, 11) is 0. The lowest BCUT2D eigenvalue weighted by Gasteiger charge is -2.17. The molecule has 1 fully saturated rings. The third-order valence-corrected chi connectivity index (χ3v) is 5.31. The third kappa shape index (κ3) is 7.39. The van der Waals surface area contributed by atoms with Gasteiger partial charge < -0.3 is 14.8 Å². The lowest BCUT2D eigenvalue weighted by atomic mass is 10.1. The van der Waals surface area contributed by atoms with E-state index in [4.69, 9.17) is 9.47 Å². The van der Waals surface area contributed by atoms with Gasteiger partial charge >= 0.3 is 11.9 Å². The summed E-state index contributed by atoms with van der Waals surface area (Å²) in [5.41, 5.74) is 4.64. The molecular weight excluding hydrogens is 466 g/mol. The molecule has 10 nitrogen and oxygen atoms in total. The van der Waals surface area contributed by atoms with Gasteiger partial charge in [0.05, 0.1) is 24.6 Å². The summed E-state index contributed by atoms with van der Waals surface area (Å²) in [6, 6.07) is 13.0. The minimum Gasteiger partial charge on any atom is -0.462 e. The number of hydrogen-bond acceptors (Lipinski definition) is 7. The molecular formula is C26H29N3O7. The number of hydrazine groups is 1. The van der Waals surface area contributed by atoms with E-state index in [9.17, 15) is 24.0 Å². The third-order valence-electron chi connectivity index (χ3n) is 5.31. The highest BCUT2D eigenvalue weighted by atomic mass is 16.5. The lowest BCUT2D eigenvalue weighted by Crippen LogP contribution is -2.43. The van der Waals surface area contributed by atoms with Crippen LogP contribution in [0.1, 0.15) is 46.5 Å². The van der Waals surface area contributed by atoms with Crippen LogP contribution in [0.5, 0.6) is 0 Å². The Labute approximate surface area is 208 Å². The molecule has 1 heterocycles. The molecule has 2 N–H and O–H groups in total. The van der Waals surface area contributed by atoms with Crippen LogP contribution in [0, 0.1) is 18.8 Å². The number of nitrogens with zero attached hydrogens (tertiary/aromatic N) is 1. The van der Waals surface area contributed by atoms with E-state index in [1.807, 2.05) is 20.8 Å². The van der Waals surface area contributed by atoms with E-state index in [2.05, 4.69) is 10.7 Å². The van der Waals surface area contributed by atoms with Crippen molar-refractivity contribution < 1.29 is 33.4 Å². The van der Waals surface area contributed by atoms with Gasteiger partial charge in [0.15, 0.2) is 6.61 Å². The number of ether oxygens (including phenoxy) is 2. The molecule has 0 aliphatic carbocycles. The first-order valence-electron chi connectivity index (χ1n) is 11.5. The molecule has 2 aromatic carbocycles. The Bertz CT molecular complexity index is 1130. The summed E-state index contributed by atoms with van der Waals surface area (Å²) in [6.07, 6.45) is -0.136. The van der Waals surface area contributed by atoms with Gasteiger partial charge in [-0.3, -0.25) is 29.6 Å². The predicted octanol–water partition coefficient (Wildman–Crippen LogP) is 2.48. The second-order valence-electron chi connectivity index (χ2n) is 8.94. The van der Waals surface area contributed by atoms with E-state index in [1.165, 1.54) is 24.3 Å². The highest BCUT2D eigenvalue weighted by Crippen LogP contribution is 2.18. The summed E-state index contributed by atoms with van der Waals surface area (Å²) in [5, 5.41) is 3.65. The molecule has 0 aromatic heterocycles. The topological polar surface area (TPSA) is 131 Å². The summed E-state index contributed by atoms with van der Waals surface area (Å²) >= 11 is 0. The number of benzene rings is 2. The van der Waals surface area contributed by atoms with Crippen molar-refractivity contribution in [3.8, 4) is 0 Å². The number of anilines is 1. The van der Waals surface area contributed by atoms with E-state index >= 15 is 0 Å². The van der Waals surface area contributed by atoms with Crippen molar-refractivity contribution in [3.63, 3.8) is 0 Å². The Morgan fingerprint density at radius 2 is 1.61 bits per heavy atom. The Morgan fingerprint density at radius 3 is 2.25 bits per heavy atom. The highest BCUT2D eigenvalue weighted by molar-refractivity contribution is 5.97. The zero-order valence-corrected chi connectivity index (χ0v) is 20.4. The number of carbonyl (C=O) groups is 5. The fourth-order valence-corrected chi connectivity index (χ4v) is 3.33. The molecule has 1 saturated heterocycles. The van der Waals surface area contributed by atoms with Gasteiger partial charge in [0.25, 0.3) is 11.8 Å². The molecule has 1 aliphatic rings. The SMILES string of the molecule is Cc1ccc(C(=O)NN2C[C@@H](C(=O)OCC(=O)Nc3ccc(C(=O)OCC(C)C)cc3)CC2=O)cc1. The van der Waals surface area contributed by atoms with Gasteiger partial charge in [-0.25, -0.2) is 4.79 Å². The molecule has 3 amide bonds. The average molecular weight is 496 g/mol. The molecule has 0 bridgehead atoms. The molecule has 0 spiro atoms. The number of rotatable bonds is 9. The van der Waals surface area contributed by atoms with Gasteiger partial charge in [-0.05, 0) is 49.2 Å². The molecule has 10 heteroatoms. The van der Waals surface area contributed by atoms with Crippen LogP contribution in [0.3, 0.4) is 0 Å². The summed E-state index contributed by atoms with van der Waals surface area (Å²) in [5.74, 6) is -3.21. The van der Waals surface area contributed by atoms with E-state index in [-0.39, 0.29) is 18.9 Å². The number of aryl methyl sites for hydroxylation is 1. The molecule has 3 rings (SSSR count). The van der Waals surface area contributed by atoms with Gasteiger partial charge in [0, 0.05) is 17.7 Å². The van der Waals surface area contributed by atoms with Crippen LogP contribution in [-0.4, -0.2) is 54.4 Å². The molecule has 0 unspecified atom stereocenters. The second kappa shape index (κ2) is 12.0. The van der Waals surface area contributed by atoms with Crippen LogP contribution < -0.4 is 10.7 Å². The van der Waals surface area contributed by atoms with Crippen molar-refractivity contribution >= 4 is 35.3 Å². The van der Waals surface area contributed by atoms with Crippen LogP contribution in [0.2, 0.25) is 0 Å². The van der Waals surface area contributed by atoms with Crippen LogP contribution in [0.25, 0.3) is 0 Å². The maximum absolute atomic E-state index is 12.4. The number of carbonyl (C=O) groups excluding carboxylic acids is 5. The number of hydrogen-bond donors (Lipinski definition) is 2. The van der Waals surface area contributed by atoms with Crippen molar-refractivity contribution in [3.05, 3.63) is 65.2 Å². The fourth-order valence-electron chi connectivity index (χ4n) is 3.33. The first-order chi connectivity index (χ1) is 17.1. The summed E-state index contributed by atoms with van der Waals surface area (Å²) in [6.45, 7) is 5.48. The number of amides is 3. The van der Waals surface area contributed by atoms with E-state index in [1.54, 1.807) is 24.3 Å². The van der Waals surface area contributed by atoms with Gasteiger partial charge in [0.2, 0.25) is 5.91 Å². The Balaban J connectivity index is 1.43. The van der Waals surface area contributed by atoms with Crippen LogP contribution >= 0.6 is 0 Å². The Morgan fingerprint density at radius 1 is 0.972 bits per heavy atom. The minimum atomic E-state index is -0.806. The fraction of sp³-hybridized carbons (Fsp3) is 0.346. The molecule has 1 atom stereocenters. The van der Waals surface area contributed by atoms with Crippen LogP contribution in [0.15, 0.2) is 48.5 Å². The van der Waals surface area contributed by atoms with Crippen molar-refractivity contribution in [2.24, 2.45) is 11.8 Å². The standard InChI is InChI=1S/C26H29N3O7/c1-16(2)14-35-25(33)19-8-10-21(11-9-19)27-22(30)15-36-26(34)20-12-23(31)29(13-20)28-24(32)18-6-4-17(3)5-7-18/h4-11,16,20H,12-15H2,1-3H3,(H,27,30)(H,28,32)/t20-/m0/s1. The molecule has 36 heavy (non-hydrogen) atoms. The number of esters is 2. The first-order valence-corrected chi connectivity index (χ1v) is 11.5. The minimum absolute atomic E-state index is 0.0503. The summed E-state index contributed by atoms with van der Waals surface area (Å²) in [4.78, 5) is 61.1. The monoisotopic (exact) mass is 495 g/mol. The maximum atomic E-state index is 12.4. The van der Waals surface area contributed by atoms with E-state index in [0.29, 0.717) is 23.4 Å². The molecule has 0 radical (unpaired) electrons. The Kier molecular flexibility index (Phi) is 8.77. The second-order valence-corrected chi connectivity index (χ2v) is 8.94. The molecule has 0 saturated carbocycles. The molecule has 1 aliphatic heterocycles. The Hall–Kier alpha value is -4.21. The van der Waals surface area contributed by atoms with Crippen molar-refractivity contribution in [2.75, 3.05) is 25.1 Å². The lowest BCUT2D eigenvalue weighted by molar-refractivity contribution is -0.151. The van der Waals surface area contributed by atoms with Crippen molar-refractivity contribution in [1.82, 2.24) is 10.4 Å². The largest absolute Gasteiger partial charge is 0.462 e. The quantitative estimate of drug-likeness (QED) is 0.511. The van der Waals surface area contributed by atoms with Crippen molar-refractivity contribution in [1.29, 1.82) is 0 Å². The number of nitrogens with one attached hydrogen (secondary N) is 2. The smallest absolute Gasteiger partial charge is 0.338 e. The van der Waals surface area contributed by atoms with E-state index in [0.717, 1.165) is 10.6 Å². The first kappa shape index (κ1) is 26.4. The van der Waals surface area contributed by atoms with Crippen LogP contribution in [0.4, 0.5) is 5.69 Å². The van der Waals surface area contributed by atoms with Gasteiger partial charge in [-0.2, -0.15) is 0 Å². The summed E-state index contributed by atoms with van der Waals surface area (Å²) < 4.78 is 10.2. The van der Waals surface area contributed by atoms with E-state index < -0.39 is 42.2 Å². The zero-order valence-electron chi connectivity index (χ0n) is 20.4. The average Bonchev–Trinajstić information content (AvgIpc) is 3.21. The molecule has 190 valence electrons. The maximum Gasteiger partial charge on any atom is 0.338 e. The van der Waals surface area contributed by atoms with Gasteiger partial charge in [-0.1, -0.05) is 31.5 Å². The van der Waals surface area contributed by atoms with Crippen LogP contribution in [-0.2, 0) is 23.9 Å². The van der Waals surface area contributed by atoms with Gasteiger partial charge in [-0.15, -0.1) is 0 Å². The molecule has 2 aromatic rings. The van der Waals surface area contributed by atoms with Crippen molar-refractivity contribution in [2.45, 2.75) is 27.2 Å². The predicted molar refractivity (Wildman–Crippen MR) is 130 cm³/mol. The van der Waals surface area contributed by atoms with Gasteiger partial charge in [0.1, 0.15) is 0 Å².